The molecule has 0 spiro atoms. The molecule has 0 aliphatic heterocycles. The van der Waals surface area contributed by atoms with Gasteiger partial charge in [-0.05, 0) is 30.2 Å². The monoisotopic (exact) mass is 204 g/mol. The van der Waals surface area contributed by atoms with Crippen molar-refractivity contribution in [1.82, 2.24) is 4.57 Å². The third-order valence-electron chi connectivity index (χ3n) is 2.92. The van der Waals surface area contributed by atoms with E-state index in [2.05, 4.69) is 13.0 Å². The summed E-state index contributed by atoms with van der Waals surface area (Å²) in [5, 5.41) is 10.7. The number of hydrogen-bond donors (Lipinski definition) is 2. The molecule has 0 unspecified atom stereocenters. The molecule has 0 aliphatic carbocycles. The van der Waals surface area contributed by atoms with Gasteiger partial charge >= 0.3 is 0 Å². The number of phenolic OH excluding ortho intramolecular Hbond substituents is 1. The summed E-state index contributed by atoms with van der Waals surface area (Å²) in [6, 6.07) is 5.88. The van der Waals surface area contributed by atoms with Crippen molar-refractivity contribution in [3.8, 4) is 5.75 Å². The topological polar surface area (TPSA) is 51.2 Å². The minimum absolute atomic E-state index is 0.347. The Morgan fingerprint density at radius 1 is 1.33 bits per heavy atom. The minimum Gasteiger partial charge on any atom is -0.507 e. The Balaban J connectivity index is 2.77. The van der Waals surface area contributed by atoms with Gasteiger partial charge in [0.25, 0.3) is 0 Å². The lowest BCUT2D eigenvalue weighted by atomic mass is 10.1. The van der Waals surface area contributed by atoms with Crippen molar-refractivity contribution in [3.63, 3.8) is 0 Å². The van der Waals surface area contributed by atoms with Crippen molar-refractivity contribution >= 4 is 10.9 Å². The number of hydrogen-bond acceptors (Lipinski definition) is 2. The second kappa shape index (κ2) is 3.59. The predicted octanol–water partition coefficient (Wildman–Crippen LogP) is 1.90. The largest absolute Gasteiger partial charge is 0.507 e. The second-order valence-electron chi connectivity index (χ2n) is 3.80. The number of phenols is 1. The Labute approximate surface area is 89.1 Å². The highest BCUT2D eigenvalue weighted by Gasteiger charge is 2.09. The highest BCUT2D eigenvalue weighted by atomic mass is 16.3. The molecule has 15 heavy (non-hydrogen) atoms. The Morgan fingerprint density at radius 3 is 2.67 bits per heavy atom. The number of benzene rings is 1. The van der Waals surface area contributed by atoms with Crippen LogP contribution in [0.5, 0.6) is 5.75 Å². The molecular weight excluding hydrogens is 188 g/mol. The summed E-state index contributed by atoms with van der Waals surface area (Å²) in [5.41, 5.74) is 8.86. The summed E-state index contributed by atoms with van der Waals surface area (Å²) in [6.07, 6.45) is 0.923. The van der Waals surface area contributed by atoms with Gasteiger partial charge in [0.05, 0.1) is 5.52 Å². The molecule has 80 valence electrons. The molecule has 0 fully saturated rings. The molecule has 0 bridgehead atoms. The molecule has 3 nitrogen and oxygen atoms in total. The third-order valence-corrected chi connectivity index (χ3v) is 2.92. The van der Waals surface area contributed by atoms with E-state index in [1.165, 1.54) is 0 Å². The van der Waals surface area contributed by atoms with E-state index in [4.69, 9.17) is 5.73 Å². The number of fused-ring (bicyclic) bond motifs is 1. The van der Waals surface area contributed by atoms with E-state index in [1.807, 2.05) is 23.7 Å². The summed E-state index contributed by atoms with van der Waals surface area (Å²) in [7, 11) is 1.98. The van der Waals surface area contributed by atoms with Crippen LogP contribution < -0.4 is 5.73 Å². The molecule has 1 aromatic carbocycles. The average Bonchev–Trinajstić information content (AvgIpc) is 2.56. The van der Waals surface area contributed by atoms with Crippen molar-refractivity contribution in [2.24, 2.45) is 12.8 Å². The first-order valence-electron chi connectivity index (χ1n) is 5.17. The fourth-order valence-electron chi connectivity index (χ4n) is 1.92. The van der Waals surface area contributed by atoms with Crippen LogP contribution in [0.3, 0.4) is 0 Å². The highest BCUT2D eigenvalue weighted by Crippen LogP contribution is 2.29. The zero-order valence-corrected chi connectivity index (χ0v) is 9.12. The van der Waals surface area contributed by atoms with Gasteiger partial charge in [-0.1, -0.05) is 6.92 Å². The number of nitrogens with two attached hydrogens (primary N) is 1. The molecule has 2 aromatic rings. The molecule has 0 radical (unpaired) electrons. The molecule has 0 atom stereocenters. The van der Waals surface area contributed by atoms with E-state index in [0.29, 0.717) is 12.3 Å². The summed E-state index contributed by atoms with van der Waals surface area (Å²) < 4.78 is 2.04. The molecule has 3 N–H and O–H groups in total. The Morgan fingerprint density at radius 2 is 2.07 bits per heavy atom. The maximum absolute atomic E-state index is 9.86. The van der Waals surface area contributed by atoms with Gasteiger partial charge in [0.2, 0.25) is 0 Å². The standard InChI is InChI=1S/C12H16N2O/c1-3-8-4-11-10(12(15)5-8)6-9(7-13)14(11)2/h4-6,15H,3,7,13H2,1-2H3. The zero-order valence-electron chi connectivity index (χ0n) is 9.12. The van der Waals surface area contributed by atoms with Crippen LogP contribution in [0, 0.1) is 0 Å². The van der Waals surface area contributed by atoms with Crippen molar-refractivity contribution < 1.29 is 5.11 Å². The van der Waals surface area contributed by atoms with Gasteiger partial charge in [-0.15, -0.1) is 0 Å². The summed E-state index contributed by atoms with van der Waals surface area (Å²) >= 11 is 0. The van der Waals surface area contributed by atoms with Crippen LogP contribution in [0.15, 0.2) is 18.2 Å². The lowest BCUT2D eigenvalue weighted by molar-refractivity contribution is 0.481. The van der Waals surface area contributed by atoms with E-state index in [-0.39, 0.29) is 0 Å². The van der Waals surface area contributed by atoms with Crippen LogP contribution >= 0.6 is 0 Å². The van der Waals surface area contributed by atoms with Crippen LogP contribution in [-0.4, -0.2) is 9.67 Å². The van der Waals surface area contributed by atoms with Crippen LogP contribution in [0.2, 0.25) is 0 Å². The first kappa shape index (κ1) is 10.1. The van der Waals surface area contributed by atoms with Crippen LogP contribution in [0.25, 0.3) is 10.9 Å². The van der Waals surface area contributed by atoms with Gasteiger partial charge in [0.1, 0.15) is 5.75 Å². The van der Waals surface area contributed by atoms with Gasteiger partial charge in [-0.25, -0.2) is 0 Å². The fourth-order valence-corrected chi connectivity index (χ4v) is 1.92. The Hall–Kier alpha value is -1.48. The van der Waals surface area contributed by atoms with Gasteiger partial charge in [-0.3, -0.25) is 0 Å². The van der Waals surface area contributed by atoms with Gasteiger partial charge in [0, 0.05) is 24.7 Å². The second-order valence-corrected chi connectivity index (χ2v) is 3.80. The number of rotatable bonds is 2. The average molecular weight is 204 g/mol. The lowest BCUT2D eigenvalue weighted by Gasteiger charge is -2.03. The van der Waals surface area contributed by atoms with Crippen LogP contribution in [-0.2, 0) is 20.0 Å². The number of nitrogens with zero attached hydrogens (tertiary/aromatic N) is 1. The normalized spacial score (nSPS) is 11.1. The van der Waals surface area contributed by atoms with E-state index < -0.39 is 0 Å². The van der Waals surface area contributed by atoms with Crippen LogP contribution in [0.1, 0.15) is 18.2 Å². The SMILES string of the molecule is CCc1cc(O)c2cc(CN)n(C)c2c1. The van der Waals surface area contributed by atoms with E-state index in [0.717, 1.165) is 28.6 Å². The number of aryl methyl sites for hydroxylation is 2. The Bertz CT molecular complexity index is 500. The predicted molar refractivity (Wildman–Crippen MR) is 61.9 cm³/mol. The van der Waals surface area contributed by atoms with Crippen LogP contribution in [0.4, 0.5) is 0 Å². The zero-order chi connectivity index (χ0) is 11.0. The fraction of sp³-hybridized carbons (Fsp3) is 0.333. The summed E-state index contributed by atoms with van der Waals surface area (Å²) in [4.78, 5) is 0. The maximum atomic E-state index is 9.86. The van der Waals surface area contributed by atoms with Crippen molar-refractivity contribution in [2.45, 2.75) is 19.9 Å². The lowest BCUT2D eigenvalue weighted by Crippen LogP contribution is -2.02. The molecule has 0 amide bonds. The minimum atomic E-state index is 0.347. The molecule has 1 heterocycles. The first-order chi connectivity index (χ1) is 7.17. The van der Waals surface area contributed by atoms with Gasteiger partial charge in [-0.2, -0.15) is 0 Å². The van der Waals surface area contributed by atoms with E-state index in [9.17, 15) is 5.11 Å². The van der Waals surface area contributed by atoms with Gasteiger partial charge < -0.3 is 15.4 Å². The Kier molecular flexibility index (Phi) is 2.40. The van der Waals surface area contributed by atoms with E-state index in [1.54, 1.807) is 0 Å². The first-order valence-corrected chi connectivity index (χ1v) is 5.17. The van der Waals surface area contributed by atoms with Crippen molar-refractivity contribution in [1.29, 1.82) is 0 Å². The quantitative estimate of drug-likeness (QED) is 0.785. The van der Waals surface area contributed by atoms with Crippen molar-refractivity contribution in [2.75, 3.05) is 0 Å². The molecule has 2 rings (SSSR count). The number of aromatic hydroxyl groups is 1. The highest BCUT2D eigenvalue weighted by molar-refractivity contribution is 5.88. The molecule has 0 saturated carbocycles. The molecule has 0 aliphatic rings. The third kappa shape index (κ3) is 1.49. The molecular formula is C12H16N2O. The summed E-state index contributed by atoms with van der Waals surface area (Å²) in [6.45, 7) is 2.57. The van der Waals surface area contributed by atoms with E-state index >= 15 is 0 Å². The summed E-state index contributed by atoms with van der Waals surface area (Å²) in [5.74, 6) is 0.347. The molecule has 3 heteroatoms. The molecule has 0 saturated heterocycles. The molecule has 1 aromatic heterocycles. The van der Waals surface area contributed by atoms with Gasteiger partial charge in [0.15, 0.2) is 0 Å². The smallest absolute Gasteiger partial charge is 0.125 e. The number of aromatic nitrogens is 1. The van der Waals surface area contributed by atoms with Crippen molar-refractivity contribution in [3.05, 3.63) is 29.5 Å². The maximum Gasteiger partial charge on any atom is 0.125 e.